The Balaban J connectivity index is 3.05. The third kappa shape index (κ3) is 2.88. The predicted molar refractivity (Wildman–Crippen MR) is 75.1 cm³/mol. The van der Waals surface area contributed by atoms with E-state index >= 15 is 0 Å². The molecular weight excluding hydrogens is 208 g/mol. The van der Waals surface area contributed by atoms with Gasteiger partial charge in [-0.1, -0.05) is 38.1 Å². The first-order chi connectivity index (χ1) is 7.95. The number of benzene rings is 1. The van der Waals surface area contributed by atoms with E-state index in [9.17, 15) is 0 Å². The SMILES string of the molecule is CCc1cccc(C(N)C(C)(CC)N(C)C)c1. The van der Waals surface area contributed by atoms with Crippen LogP contribution in [-0.4, -0.2) is 24.5 Å². The van der Waals surface area contributed by atoms with Gasteiger partial charge >= 0.3 is 0 Å². The molecule has 2 atom stereocenters. The highest BCUT2D eigenvalue weighted by Gasteiger charge is 2.33. The molecule has 2 N–H and O–H groups in total. The summed E-state index contributed by atoms with van der Waals surface area (Å²) >= 11 is 0. The molecule has 2 unspecified atom stereocenters. The maximum atomic E-state index is 6.47. The highest BCUT2D eigenvalue weighted by atomic mass is 15.2. The normalized spacial score (nSPS) is 16.9. The third-order valence-corrected chi connectivity index (χ3v) is 4.13. The molecule has 2 heteroatoms. The summed E-state index contributed by atoms with van der Waals surface area (Å²) in [5.41, 5.74) is 9.07. The largest absolute Gasteiger partial charge is 0.322 e. The van der Waals surface area contributed by atoms with Crippen LogP contribution in [0.25, 0.3) is 0 Å². The van der Waals surface area contributed by atoms with Crippen molar-refractivity contribution in [3.05, 3.63) is 35.4 Å². The zero-order valence-corrected chi connectivity index (χ0v) is 11.8. The Morgan fingerprint density at radius 1 is 1.29 bits per heavy atom. The fraction of sp³-hybridized carbons (Fsp3) is 0.600. The highest BCUT2D eigenvalue weighted by Crippen LogP contribution is 2.30. The summed E-state index contributed by atoms with van der Waals surface area (Å²) in [6.45, 7) is 6.61. The van der Waals surface area contributed by atoms with Crippen LogP contribution in [-0.2, 0) is 6.42 Å². The molecule has 0 radical (unpaired) electrons. The summed E-state index contributed by atoms with van der Waals surface area (Å²) < 4.78 is 0. The number of rotatable bonds is 5. The number of hydrogen-bond acceptors (Lipinski definition) is 2. The smallest absolute Gasteiger partial charge is 0.0479 e. The predicted octanol–water partition coefficient (Wildman–Crippen LogP) is 2.98. The maximum absolute atomic E-state index is 6.47. The Morgan fingerprint density at radius 3 is 2.41 bits per heavy atom. The topological polar surface area (TPSA) is 29.3 Å². The van der Waals surface area contributed by atoms with Crippen LogP contribution in [0.2, 0.25) is 0 Å². The van der Waals surface area contributed by atoms with E-state index in [1.165, 1.54) is 11.1 Å². The lowest BCUT2D eigenvalue weighted by atomic mass is 9.83. The number of aryl methyl sites for hydroxylation is 1. The van der Waals surface area contributed by atoms with E-state index in [2.05, 4.69) is 64.0 Å². The molecule has 1 aromatic rings. The van der Waals surface area contributed by atoms with Crippen molar-refractivity contribution >= 4 is 0 Å². The molecule has 0 heterocycles. The molecular formula is C15H26N2. The van der Waals surface area contributed by atoms with Gasteiger partial charge in [0.1, 0.15) is 0 Å². The molecule has 96 valence electrons. The Bertz CT molecular complexity index is 360. The molecule has 2 nitrogen and oxygen atoms in total. The average molecular weight is 234 g/mol. The van der Waals surface area contributed by atoms with E-state index in [0.717, 1.165) is 12.8 Å². The maximum Gasteiger partial charge on any atom is 0.0479 e. The highest BCUT2D eigenvalue weighted by molar-refractivity contribution is 5.28. The van der Waals surface area contributed by atoms with Crippen LogP contribution in [0.5, 0.6) is 0 Å². The fourth-order valence-corrected chi connectivity index (χ4v) is 2.18. The van der Waals surface area contributed by atoms with Crippen LogP contribution in [0.1, 0.15) is 44.4 Å². The van der Waals surface area contributed by atoms with Crippen molar-refractivity contribution in [3.8, 4) is 0 Å². The summed E-state index contributed by atoms with van der Waals surface area (Å²) in [6.07, 6.45) is 2.10. The van der Waals surface area contributed by atoms with E-state index in [4.69, 9.17) is 5.73 Å². The van der Waals surface area contributed by atoms with Gasteiger partial charge in [-0.05, 0) is 45.0 Å². The molecule has 1 rings (SSSR count). The van der Waals surface area contributed by atoms with Crippen LogP contribution in [0, 0.1) is 0 Å². The van der Waals surface area contributed by atoms with Crippen molar-refractivity contribution in [2.75, 3.05) is 14.1 Å². The summed E-state index contributed by atoms with van der Waals surface area (Å²) in [7, 11) is 4.21. The molecule has 0 aromatic heterocycles. The first-order valence-corrected chi connectivity index (χ1v) is 6.47. The van der Waals surface area contributed by atoms with Gasteiger partial charge in [0.15, 0.2) is 0 Å². The quantitative estimate of drug-likeness (QED) is 0.848. The molecule has 1 aromatic carbocycles. The van der Waals surface area contributed by atoms with E-state index in [1.807, 2.05) is 0 Å². The second-order valence-electron chi connectivity index (χ2n) is 5.18. The van der Waals surface area contributed by atoms with E-state index < -0.39 is 0 Å². The minimum Gasteiger partial charge on any atom is -0.322 e. The second-order valence-corrected chi connectivity index (χ2v) is 5.18. The lowest BCUT2D eigenvalue weighted by molar-refractivity contribution is 0.132. The molecule has 0 bridgehead atoms. The van der Waals surface area contributed by atoms with Gasteiger partial charge in [-0.2, -0.15) is 0 Å². The van der Waals surface area contributed by atoms with Crippen molar-refractivity contribution in [2.24, 2.45) is 5.73 Å². The molecule has 0 aliphatic heterocycles. The van der Waals surface area contributed by atoms with Gasteiger partial charge in [0.25, 0.3) is 0 Å². The molecule has 0 fully saturated rings. The standard InChI is InChI=1S/C15H26N2/c1-6-12-9-8-10-13(11-12)14(16)15(3,7-2)17(4)5/h8-11,14H,6-7,16H2,1-5H3. The Hall–Kier alpha value is -0.860. The molecule has 0 aliphatic rings. The van der Waals surface area contributed by atoms with E-state index in [-0.39, 0.29) is 11.6 Å². The van der Waals surface area contributed by atoms with E-state index in [1.54, 1.807) is 0 Å². The lowest BCUT2D eigenvalue weighted by Crippen LogP contribution is -2.49. The molecule has 0 spiro atoms. The van der Waals surface area contributed by atoms with Crippen LogP contribution >= 0.6 is 0 Å². The Morgan fingerprint density at radius 2 is 1.94 bits per heavy atom. The summed E-state index contributed by atoms with van der Waals surface area (Å²) in [5.74, 6) is 0. The van der Waals surface area contributed by atoms with Gasteiger partial charge in [0.2, 0.25) is 0 Å². The summed E-state index contributed by atoms with van der Waals surface area (Å²) in [5, 5.41) is 0. The zero-order valence-electron chi connectivity index (χ0n) is 11.8. The molecule has 0 saturated carbocycles. The fourth-order valence-electron chi connectivity index (χ4n) is 2.18. The molecule has 17 heavy (non-hydrogen) atoms. The van der Waals surface area contributed by atoms with Crippen molar-refractivity contribution in [3.63, 3.8) is 0 Å². The summed E-state index contributed by atoms with van der Waals surface area (Å²) in [6, 6.07) is 8.70. The molecule has 0 saturated heterocycles. The van der Waals surface area contributed by atoms with Crippen LogP contribution in [0.4, 0.5) is 0 Å². The Kier molecular flexibility index (Phi) is 4.72. The van der Waals surface area contributed by atoms with Gasteiger partial charge in [-0.3, -0.25) is 0 Å². The minimum atomic E-state index is 0.00631. The third-order valence-electron chi connectivity index (χ3n) is 4.13. The van der Waals surface area contributed by atoms with E-state index in [0.29, 0.717) is 0 Å². The molecule has 0 amide bonds. The molecule has 0 aliphatic carbocycles. The first kappa shape index (κ1) is 14.2. The number of nitrogens with zero attached hydrogens (tertiary/aromatic N) is 1. The van der Waals surface area contributed by atoms with Gasteiger partial charge in [0, 0.05) is 11.6 Å². The minimum absolute atomic E-state index is 0.00631. The number of likely N-dealkylation sites (N-methyl/N-ethyl adjacent to an activating group) is 1. The average Bonchev–Trinajstić information content (AvgIpc) is 2.36. The van der Waals surface area contributed by atoms with Crippen LogP contribution in [0.15, 0.2) is 24.3 Å². The van der Waals surface area contributed by atoms with Crippen LogP contribution < -0.4 is 5.73 Å². The van der Waals surface area contributed by atoms with Crippen molar-refractivity contribution < 1.29 is 0 Å². The van der Waals surface area contributed by atoms with Crippen LogP contribution in [0.3, 0.4) is 0 Å². The van der Waals surface area contributed by atoms with Gasteiger partial charge < -0.3 is 10.6 Å². The van der Waals surface area contributed by atoms with Crippen molar-refractivity contribution in [1.82, 2.24) is 4.90 Å². The summed E-state index contributed by atoms with van der Waals surface area (Å²) in [4.78, 5) is 2.23. The van der Waals surface area contributed by atoms with Crippen molar-refractivity contribution in [2.45, 2.75) is 45.2 Å². The number of hydrogen-bond donors (Lipinski definition) is 1. The van der Waals surface area contributed by atoms with Gasteiger partial charge in [-0.15, -0.1) is 0 Å². The Labute approximate surface area is 106 Å². The lowest BCUT2D eigenvalue weighted by Gasteiger charge is -2.41. The van der Waals surface area contributed by atoms with Gasteiger partial charge in [-0.25, -0.2) is 0 Å². The van der Waals surface area contributed by atoms with Gasteiger partial charge in [0.05, 0.1) is 0 Å². The zero-order chi connectivity index (χ0) is 13.1. The monoisotopic (exact) mass is 234 g/mol. The second kappa shape index (κ2) is 5.65. The number of nitrogens with two attached hydrogens (primary N) is 1. The first-order valence-electron chi connectivity index (χ1n) is 6.47. The van der Waals surface area contributed by atoms with Crippen molar-refractivity contribution in [1.29, 1.82) is 0 Å².